The lowest BCUT2D eigenvalue weighted by Crippen LogP contribution is -2.40. The summed E-state index contributed by atoms with van der Waals surface area (Å²) >= 11 is 0. The molecule has 0 saturated carbocycles. The number of nitro groups is 1. The van der Waals surface area contributed by atoms with E-state index in [1.807, 2.05) is 0 Å². The standard InChI is InChI=1S/C9H5F6NO3/c10-7(8(11,12)9(13,14)15)4-1-2-6(17)5(3-4)16(18)19/h1-3,7,17H. The van der Waals surface area contributed by atoms with E-state index < -0.39 is 40.2 Å². The van der Waals surface area contributed by atoms with E-state index in [1.54, 1.807) is 0 Å². The molecule has 1 rings (SSSR count). The Bertz CT molecular complexity index is 501. The Morgan fingerprint density at radius 3 is 2.16 bits per heavy atom. The van der Waals surface area contributed by atoms with Gasteiger partial charge in [-0.1, -0.05) is 6.07 Å². The summed E-state index contributed by atoms with van der Waals surface area (Å²) in [5, 5.41) is 19.3. The quantitative estimate of drug-likeness (QED) is 0.526. The van der Waals surface area contributed by atoms with E-state index >= 15 is 0 Å². The van der Waals surface area contributed by atoms with Crippen LogP contribution in [0.1, 0.15) is 11.7 Å². The number of phenols is 1. The SMILES string of the molecule is O=[N+]([O-])c1cc(C(F)C(F)(F)C(F)(F)F)ccc1O. The molecular weight excluding hydrogens is 284 g/mol. The van der Waals surface area contributed by atoms with Gasteiger partial charge >= 0.3 is 17.8 Å². The first-order valence-electron chi connectivity index (χ1n) is 4.54. The average molecular weight is 289 g/mol. The zero-order valence-electron chi connectivity index (χ0n) is 8.79. The Kier molecular flexibility index (Phi) is 3.64. The van der Waals surface area contributed by atoms with E-state index in [-0.39, 0.29) is 6.07 Å². The van der Waals surface area contributed by atoms with Crippen LogP contribution in [0.5, 0.6) is 5.75 Å². The van der Waals surface area contributed by atoms with Crippen molar-refractivity contribution < 1.29 is 36.4 Å². The number of phenolic OH excluding ortho intramolecular Hbond substituents is 1. The minimum Gasteiger partial charge on any atom is -0.502 e. The molecule has 1 N–H and O–H groups in total. The number of hydrogen-bond acceptors (Lipinski definition) is 3. The van der Waals surface area contributed by atoms with Gasteiger partial charge in [0, 0.05) is 6.07 Å². The molecule has 106 valence electrons. The molecule has 0 bridgehead atoms. The van der Waals surface area contributed by atoms with E-state index in [1.165, 1.54) is 0 Å². The molecule has 1 aromatic rings. The fourth-order valence-electron chi connectivity index (χ4n) is 1.20. The van der Waals surface area contributed by atoms with Gasteiger partial charge in [-0.15, -0.1) is 0 Å². The van der Waals surface area contributed by atoms with Gasteiger partial charge in [0.05, 0.1) is 4.92 Å². The number of aromatic hydroxyl groups is 1. The molecule has 10 heteroatoms. The van der Waals surface area contributed by atoms with Crippen molar-refractivity contribution in [2.75, 3.05) is 0 Å². The first kappa shape index (κ1) is 15.1. The van der Waals surface area contributed by atoms with Crippen LogP contribution >= 0.6 is 0 Å². The van der Waals surface area contributed by atoms with Gasteiger partial charge in [-0.3, -0.25) is 10.1 Å². The van der Waals surface area contributed by atoms with Crippen LogP contribution in [0.4, 0.5) is 32.0 Å². The first-order valence-corrected chi connectivity index (χ1v) is 4.54. The second-order valence-electron chi connectivity index (χ2n) is 3.49. The maximum absolute atomic E-state index is 13.2. The van der Waals surface area contributed by atoms with Gasteiger partial charge in [0.15, 0.2) is 11.9 Å². The van der Waals surface area contributed by atoms with Gasteiger partial charge in [-0.2, -0.15) is 22.0 Å². The minimum absolute atomic E-state index is 0.125. The third-order valence-electron chi connectivity index (χ3n) is 2.19. The second-order valence-corrected chi connectivity index (χ2v) is 3.49. The van der Waals surface area contributed by atoms with Crippen molar-refractivity contribution in [1.29, 1.82) is 0 Å². The highest BCUT2D eigenvalue weighted by Crippen LogP contribution is 2.47. The molecular formula is C9H5F6NO3. The van der Waals surface area contributed by atoms with Gasteiger partial charge in [-0.25, -0.2) is 4.39 Å². The Morgan fingerprint density at radius 1 is 1.21 bits per heavy atom. The van der Waals surface area contributed by atoms with Crippen LogP contribution in [0.2, 0.25) is 0 Å². The molecule has 1 aromatic carbocycles. The third-order valence-corrected chi connectivity index (χ3v) is 2.19. The number of rotatable bonds is 3. The fraction of sp³-hybridized carbons (Fsp3) is 0.333. The van der Waals surface area contributed by atoms with E-state index in [2.05, 4.69) is 0 Å². The van der Waals surface area contributed by atoms with Crippen molar-refractivity contribution >= 4 is 5.69 Å². The Morgan fingerprint density at radius 2 is 1.74 bits per heavy atom. The van der Waals surface area contributed by atoms with Gasteiger partial charge < -0.3 is 5.11 Å². The second kappa shape index (κ2) is 4.59. The molecule has 0 aliphatic carbocycles. The summed E-state index contributed by atoms with van der Waals surface area (Å²) in [7, 11) is 0. The minimum atomic E-state index is -6.14. The van der Waals surface area contributed by atoms with Crippen LogP contribution in [0.25, 0.3) is 0 Å². The van der Waals surface area contributed by atoms with Gasteiger partial charge in [-0.05, 0) is 11.6 Å². The first-order chi connectivity index (χ1) is 8.48. The normalized spacial score (nSPS) is 14.2. The van der Waals surface area contributed by atoms with Crippen LogP contribution in [0.3, 0.4) is 0 Å². The topological polar surface area (TPSA) is 63.4 Å². The molecule has 4 nitrogen and oxygen atoms in total. The third kappa shape index (κ3) is 2.71. The Hall–Kier alpha value is -2.00. The average Bonchev–Trinajstić information content (AvgIpc) is 2.26. The summed E-state index contributed by atoms with van der Waals surface area (Å²) in [4.78, 5) is 9.12. The van der Waals surface area contributed by atoms with E-state index in [0.717, 1.165) is 0 Å². The molecule has 0 radical (unpaired) electrons. The van der Waals surface area contributed by atoms with Crippen molar-refractivity contribution in [1.82, 2.24) is 0 Å². The smallest absolute Gasteiger partial charge is 0.456 e. The number of nitro benzene ring substituents is 1. The monoisotopic (exact) mass is 289 g/mol. The summed E-state index contributed by atoms with van der Waals surface area (Å²) < 4.78 is 74.4. The van der Waals surface area contributed by atoms with Crippen LogP contribution in [0, 0.1) is 10.1 Å². The number of hydrogen-bond donors (Lipinski definition) is 1. The van der Waals surface area contributed by atoms with Gasteiger partial charge in [0.1, 0.15) is 0 Å². The predicted octanol–water partition coefficient (Wildman–Crippen LogP) is 3.51. The molecule has 0 fully saturated rings. The van der Waals surface area contributed by atoms with E-state index in [4.69, 9.17) is 5.11 Å². The highest BCUT2D eigenvalue weighted by molar-refractivity contribution is 5.48. The summed E-state index contributed by atoms with van der Waals surface area (Å²) in [6.07, 6.45) is -9.95. The number of alkyl halides is 6. The van der Waals surface area contributed by atoms with Crippen LogP contribution in [-0.4, -0.2) is 22.1 Å². The summed E-state index contributed by atoms with van der Waals surface area (Å²) in [6, 6.07) is 0.999. The number of benzene rings is 1. The van der Waals surface area contributed by atoms with E-state index in [9.17, 15) is 36.5 Å². The molecule has 0 amide bonds. The number of halogens is 6. The van der Waals surface area contributed by atoms with Gasteiger partial charge in [0.25, 0.3) is 0 Å². The lowest BCUT2D eigenvalue weighted by Gasteiger charge is -2.23. The zero-order chi connectivity index (χ0) is 15.0. The fourth-order valence-corrected chi connectivity index (χ4v) is 1.20. The Balaban J connectivity index is 3.25. The Labute approximate surface area is 101 Å². The summed E-state index contributed by atoms with van der Waals surface area (Å²) in [5.74, 6) is -6.67. The molecule has 0 saturated heterocycles. The molecule has 0 aliphatic heterocycles. The largest absolute Gasteiger partial charge is 0.502 e. The van der Waals surface area contributed by atoms with Crippen molar-refractivity contribution in [3.05, 3.63) is 33.9 Å². The van der Waals surface area contributed by atoms with Crippen molar-refractivity contribution in [2.24, 2.45) is 0 Å². The maximum atomic E-state index is 13.2. The van der Waals surface area contributed by atoms with Crippen molar-refractivity contribution in [3.63, 3.8) is 0 Å². The molecule has 1 unspecified atom stereocenters. The van der Waals surface area contributed by atoms with Crippen LogP contribution in [-0.2, 0) is 0 Å². The molecule has 0 aliphatic rings. The van der Waals surface area contributed by atoms with Crippen molar-refractivity contribution in [2.45, 2.75) is 18.3 Å². The van der Waals surface area contributed by atoms with Gasteiger partial charge in [0.2, 0.25) is 0 Å². The summed E-state index contributed by atoms with van der Waals surface area (Å²) in [5.41, 5.74) is -2.43. The highest BCUT2D eigenvalue weighted by Gasteiger charge is 2.63. The predicted molar refractivity (Wildman–Crippen MR) is 49.6 cm³/mol. The summed E-state index contributed by atoms with van der Waals surface area (Å²) in [6.45, 7) is 0. The molecule has 1 atom stereocenters. The van der Waals surface area contributed by atoms with Crippen molar-refractivity contribution in [3.8, 4) is 5.75 Å². The molecule has 0 aromatic heterocycles. The zero-order valence-corrected chi connectivity index (χ0v) is 8.79. The highest BCUT2D eigenvalue weighted by atomic mass is 19.4. The molecule has 0 heterocycles. The lowest BCUT2D eigenvalue weighted by molar-refractivity contribution is -0.386. The maximum Gasteiger partial charge on any atom is 0.456 e. The number of nitrogens with zero attached hydrogens (tertiary/aromatic N) is 1. The van der Waals surface area contributed by atoms with Crippen LogP contribution < -0.4 is 0 Å². The molecule has 19 heavy (non-hydrogen) atoms. The molecule has 0 spiro atoms. The van der Waals surface area contributed by atoms with Crippen LogP contribution in [0.15, 0.2) is 18.2 Å². The van der Waals surface area contributed by atoms with E-state index in [0.29, 0.717) is 12.1 Å². The lowest BCUT2D eigenvalue weighted by atomic mass is 10.0.